The van der Waals surface area contributed by atoms with Gasteiger partial charge in [0.1, 0.15) is 17.6 Å². The Labute approximate surface area is 252 Å². The zero-order valence-corrected chi connectivity index (χ0v) is 25.5. The lowest BCUT2D eigenvalue weighted by molar-refractivity contribution is -0.134. The maximum absolute atomic E-state index is 13.5. The van der Waals surface area contributed by atoms with E-state index >= 15 is 0 Å². The van der Waals surface area contributed by atoms with Crippen molar-refractivity contribution >= 4 is 33.3 Å². The summed E-state index contributed by atoms with van der Waals surface area (Å²) in [5.41, 5.74) is 1.53. The molecule has 3 aromatic rings. The Morgan fingerprint density at radius 2 is 1.74 bits per heavy atom. The van der Waals surface area contributed by atoms with E-state index in [1.807, 2.05) is 6.92 Å². The smallest absolute Gasteiger partial charge is 0.323 e. The molecule has 0 radical (unpaired) electrons. The van der Waals surface area contributed by atoms with Crippen molar-refractivity contribution in [2.24, 2.45) is 5.92 Å². The first-order chi connectivity index (χ1) is 20.5. The van der Waals surface area contributed by atoms with Gasteiger partial charge in [-0.25, -0.2) is 13.2 Å². The van der Waals surface area contributed by atoms with Crippen LogP contribution in [0.25, 0.3) is 0 Å². The summed E-state index contributed by atoms with van der Waals surface area (Å²) in [5.74, 6) is 0.568. The summed E-state index contributed by atoms with van der Waals surface area (Å²) in [7, 11) is -0.735. The summed E-state index contributed by atoms with van der Waals surface area (Å²) < 4.78 is 39.4. The van der Waals surface area contributed by atoms with Crippen LogP contribution < -0.4 is 20.1 Å². The number of likely N-dealkylation sites (N-methyl/N-ethyl adjacent to an activating group) is 1. The molecule has 11 nitrogen and oxygen atoms in total. The van der Waals surface area contributed by atoms with Crippen LogP contribution in [0.2, 0.25) is 0 Å². The number of urea groups is 1. The second-order valence-corrected chi connectivity index (χ2v) is 12.7. The Hall–Kier alpha value is -4.13. The van der Waals surface area contributed by atoms with Crippen LogP contribution in [0.3, 0.4) is 0 Å². The number of aliphatic hydroxyl groups excluding tert-OH is 1. The van der Waals surface area contributed by atoms with Crippen LogP contribution in [0.4, 0.5) is 16.2 Å². The molecular weight excluding hydrogens is 572 g/mol. The van der Waals surface area contributed by atoms with E-state index in [4.69, 9.17) is 9.47 Å². The normalized spacial score (nSPS) is 18.0. The number of ether oxygens (including phenoxy) is 2. The number of aliphatic hydroxyl groups is 1. The topological polar surface area (TPSA) is 138 Å². The molecule has 1 aliphatic heterocycles. The second-order valence-electron chi connectivity index (χ2n) is 10.6. The van der Waals surface area contributed by atoms with Crippen molar-refractivity contribution in [2.75, 3.05) is 44.5 Å². The number of rotatable bonds is 9. The van der Waals surface area contributed by atoms with Gasteiger partial charge in [-0.15, -0.1) is 0 Å². The highest BCUT2D eigenvalue weighted by molar-refractivity contribution is 7.89. The van der Waals surface area contributed by atoms with Gasteiger partial charge < -0.3 is 30.1 Å². The molecule has 0 aliphatic carbocycles. The van der Waals surface area contributed by atoms with Crippen molar-refractivity contribution in [2.45, 2.75) is 37.3 Å². The predicted octanol–water partition coefficient (Wildman–Crippen LogP) is 3.81. The molecule has 0 spiro atoms. The molecule has 3 aromatic carbocycles. The van der Waals surface area contributed by atoms with E-state index in [1.165, 1.54) is 23.5 Å². The van der Waals surface area contributed by atoms with Gasteiger partial charge >= 0.3 is 6.03 Å². The lowest BCUT2D eigenvalue weighted by Crippen LogP contribution is -2.48. The zero-order valence-electron chi connectivity index (χ0n) is 24.7. The predicted molar refractivity (Wildman–Crippen MR) is 164 cm³/mol. The minimum absolute atomic E-state index is 0.0254. The number of fused-ring (bicyclic) bond motifs is 1. The number of carbonyl (C=O) groups excluding carboxylic acids is 2. The molecule has 0 fully saturated rings. The van der Waals surface area contributed by atoms with Crippen molar-refractivity contribution in [1.82, 2.24) is 9.21 Å². The van der Waals surface area contributed by atoms with E-state index < -0.39 is 28.2 Å². The molecular formula is C31H38N4O7S. The van der Waals surface area contributed by atoms with E-state index in [1.54, 1.807) is 79.6 Å². The van der Waals surface area contributed by atoms with Crippen LogP contribution in [0.5, 0.6) is 11.5 Å². The molecule has 3 N–H and O–H groups in total. The molecule has 0 bridgehead atoms. The molecule has 1 aliphatic rings. The number of nitrogens with zero attached hydrogens (tertiary/aromatic N) is 2. The molecule has 12 heteroatoms. The monoisotopic (exact) mass is 610 g/mol. The summed E-state index contributed by atoms with van der Waals surface area (Å²) >= 11 is 0. The number of amides is 3. The quantitative estimate of drug-likeness (QED) is 0.335. The summed E-state index contributed by atoms with van der Waals surface area (Å²) in [4.78, 5) is 27.9. The Morgan fingerprint density at radius 1 is 1.09 bits per heavy atom. The first-order valence-electron chi connectivity index (χ1n) is 13.9. The first-order valence-corrected chi connectivity index (χ1v) is 15.4. The maximum Gasteiger partial charge on any atom is 0.323 e. The Bertz CT molecular complexity index is 1520. The third kappa shape index (κ3) is 7.83. The number of benzene rings is 3. The van der Waals surface area contributed by atoms with Gasteiger partial charge in [-0.2, -0.15) is 4.31 Å². The van der Waals surface area contributed by atoms with Gasteiger partial charge in [-0.05, 0) is 61.5 Å². The average Bonchev–Trinajstić information content (AvgIpc) is 3.04. The molecule has 0 aromatic heterocycles. The molecule has 0 saturated carbocycles. The van der Waals surface area contributed by atoms with Crippen LogP contribution >= 0.6 is 0 Å². The standard InChI is InChI=1S/C31H38N4O7S/c1-21-18-35(22(2)20-36)30(37)17-23-16-25(33-31(38)32-24-10-13-26(41-4)14-11-24)12-15-28(23)42-29(21)19-34(3)43(39,40)27-8-6-5-7-9-27/h5-16,21-22,29,36H,17-20H2,1-4H3,(H2,32,33,38)/t21-,22-,29-/m0/s1. The van der Waals surface area contributed by atoms with Gasteiger partial charge in [-0.3, -0.25) is 4.79 Å². The largest absolute Gasteiger partial charge is 0.497 e. The number of methoxy groups -OCH3 is 1. The van der Waals surface area contributed by atoms with Crippen LogP contribution in [0.1, 0.15) is 19.4 Å². The van der Waals surface area contributed by atoms with Crippen molar-refractivity contribution in [3.63, 3.8) is 0 Å². The second kappa shape index (κ2) is 13.9. The molecule has 0 saturated heterocycles. The van der Waals surface area contributed by atoms with Gasteiger partial charge in [0.15, 0.2) is 0 Å². The van der Waals surface area contributed by atoms with E-state index in [2.05, 4.69) is 10.6 Å². The first kappa shape index (κ1) is 31.8. The maximum atomic E-state index is 13.5. The molecule has 4 rings (SSSR count). The fourth-order valence-corrected chi connectivity index (χ4v) is 6.02. The Kier molecular flexibility index (Phi) is 10.3. The summed E-state index contributed by atoms with van der Waals surface area (Å²) in [6, 6.07) is 19.1. The fourth-order valence-electron chi connectivity index (χ4n) is 4.82. The SMILES string of the molecule is COc1ccc(NC(=O)Nc2ccc3c(c2)CC(=O)N([C@@H](C)CO)C[C@H](C)[C@H](CN(C)S(=O)(=O)c2ccccc2)O3)cc1. The van der Waals surface area contributed by atoms with Crippen LogP contribution in [0.15, 0.2) is 77.7 Å². The van der Waals surface area contributed by atoms with E-state index in [9.17, 15) is 23.1 Å². The fraction of sp³-hybridized carbons (Fsp3) is 0.355. The third-order valence-corrected chi connectivity index (χ3v) is 9.25. The van der Waals surface area contributed by atoms with E-state index in [0.717, 1.165) is 0 Å². The Balaban J connectivity index is 1.60. The highest BCUT2D eigenvalue weighted by Crippen LogP contribution is 2.30. The van der Waals surface area contributed by atoms with Crippen molar-refractivity contribution in [3.8, 4) is 11.5 Å². The molecule has 1 heterocycles. The number of hydrogen-bond acceptors (Lipinski definition) is 7. The van der Waals surface area contributed by atoms with Crippen LogP contribution in [-0.2, 0) is 21.2 Å². The van der Waals surface area contributed by atoms with Crippen LogP contribution in [-0.4, -0.2) is 80.7 Å². The molecule has 43 heavy (non-hydrogen) atoms. The van der Waals surface area contributed by atoms with Crippen molar-refractivity contribution < 1.29 is 32.6 Å². The summed E-state index contributed by atoms with van der Waals surface area (Å²) in [6.45, 7) is 3.70. The average molecular weight is 611 g/mol. The number of sulfonamides is 1. The lowest BCUT2D eigenvalue weighted by Gasteiger charge is -2.33. The lowest BCUT2D eigenvalue weighted by atomic mass is 10.0. The highest BCUT2D eigenvalue weighted by Gasteiger charge is 2.33. The molecule has 3 atom stereocenters. The van der Waals surface area contributed by atoms with E-state index in [-0.39, 0.29) is 42.8 Å². The summed E-state index contributed by atoms with van der Waals surface area (Å²) in [6.07, 6.45) is -0.661. The number of carbonyl (C=O) groups is 2. The minimum atomic E-state index is -3.79. The third-order valence-electron chi connectivity index (χ3n) is 7.41. The van der Waals surface area contributed by atoms with Gasteiger partial charge in [0.25, 0.3) is 0 Å². The molecule has 0 unspecified atom stereocenters. The zero-order chi connectivity index (χ0) is 31.1. The molecule has 230 valence electrons. The number of nitrogens with one attached hydrogen (secondary N) is 2. The summed E-state index contributed by atoms with van der Waals surface area (Å²) in [5, 5.41) is 15.4. The molecule has 3 amide bonds. The number of hydrogen-bond donors (Lipinski definition) is 3. The van der Waals surface area contributed by atoms with Crippen LogP contribution in [0, 0.1) is 5.92 Å². The van der Waals surface area contributed by atoms with Crippen molar-refractivity contribution in [3.05, 3.63) is 78.4 Å². The minimum Gasteiger partial charge on any atom is -0.497 e. The van der Waals surface area contributed by atoms with Crippen molar-refractivity contribution in [1.29, 1.82) is 0 Å². The van der Waals surface area contributed by atoms with Gasteiger partial charge in [0.05, 0.1) is 37.6 Å². The van der Waals surface area contributed by atoms with Gasteiger partial charge in [0, 0.05) is 36.4 Å². The van der Waals surface area contributed by atoms with E-state index in [0.29, 0.717) is 28.4 Å². The van der Waals surface area contributed by atoms with Gasteiger partial charge in [0.2, 0.25) is 15.9 Å². The number of anilines is 2. The Morgan fingerprint density at radius 3 is 2.40 bits per heavy atom. The van der Waals surface area contributed by atoms with Gasteiger partial charge in [-0.1, -0.05) is 25.1 Å². The highest BCUT2D eigenvalue weighted by atomic mass is 32.2.